The maximum absolute atomic E-state index is 13.8. The fraction of sp³-hybridized carbons (Fsp3) is 0.333. The Kier molecular flexibility index (Phi) is 7.18. The van der Waals surface area contributed by atoms with Crippen molar-refractivity contribution in [3.8, 4) is 5.69 Å². The molecule has 0 spiro atoms. The highest BCUT2D eigenvalue weighted by molar-refractivity contribution is 6.01. The molecule has 35 heavy (non-hydrogen) atoms. The molecule has 186 valence electrons. The van der Waals surface area contributed by atoms with E-state index in [1.165, 1.54) is 30.8 Å². The Bertz CT molecular complexity index is 1300. The lowest BCUT2D eigenvalue weighted by atomic mass is 10.0. The molecule has 8 nitrogen and oxygen atoms in total. The number of aromatic amines is 1. The second kappa shape index (κ2) is 9.77. The topological polar surface area (TPSA) is 106 Å². The number of alkyl halides is 3. The van der Waals surface area contributed by atoms with Crippen LogP contribution in [0.15, 0.2) is 24.3 Å². The SMILES string of the molecule is COC(=O)c1c(CC(=O)NCc2ccc(-n3nc(C)cc3C)cc2C(F)(F)F)[nH]c(C(C)=O)c1C. The maximum Gasteiger partial charge on any atom is 0.416 e. The first kappa shape index (κ1) is 25.7. The average molecular weight is 490 g/mol. The Morgan fingerprint density at radius 1 is 1.14 bits per heavy atom. The van der Waals surface area contributed by atoms with Crippen molar-refractivity contribution in [2.45, 2.75) is 46.8 Å². The van der Waals surface area contributed by atoms with Gasteiger partial charge in [-0.15, -0.1) is 0 Å². The molecule has 3 aromatic rings. The van der Waals surface area contributed by atoms with Gasteiger partial charge in [0.1, 0.15) is 0 Å². The van der Waals surface area contributed by atoms with Gasteiger partial charge in [0.25, 0.3) is 0 Å². The lowest BCUT2D eigenvalue weighted by molar-refractivity contribution is -0.138. The van der Waals surface area contributed by atoms with Gasteiger partial charge in [0.15, 0.2) is 5.78 Å². The summed E-state index contributed by atoms with van der Waals surface area (Å²) in [5, 5.41) is 6.68. The van der Waals surface area contributed by atoms with E-state index in [4.69, 9.17) is 4.74 Å². The molecule has 11 heteroatoms. The number of esters is 1. The summed E-state index contributed by atoms with van der Waals surface area (Å²) in [6.45, 7) is 5.94. The molecule has 2 aromatic heterocycles. The van der Waals surface area contributed by atoms with Gasteiger partial charge in [0, 0.05) is 24.9 Å². The Balaban J connectivity index is 1.84. The van der Waals surface area contributed by atoms with Crippen LogP contribution >= 0.6 is 0 Å². The van der Waals surface area contributed by atoms with Crippen LogP contribution in [0.1, 0.15) is 61.5 Å². The largest absolute Gasteiger partial charge is 0.465 e. The van der Waals surface area contributed by atoms with E-state index in [1.807, 2.05) is 0 Å². The standard InChI is InChI=1S/C24H25F3N4O4/c1-12-8-13(2)31(30-12)17-7-6-16(18(9-17)24(25,26)27)11-28-20(33)10-19-21(23(34)35-5)14(3)22(29-19)15(4)32/h6-9,29H,10-11H2,1-5H3,(H,28,33). The average Bonchev–Trinajstić information content (AvgIpc) is 3.28. The van der Waals surface area contributed by atoms with Crippen molar-refractivity contribution in [1.82, 2.24) is 20.1 Å². The zero-order valence-corrected chi connectivity index (χ0v) is 19.9. The number of ketones is 1. The van der Waals surface area contributed by atoms with Crippen LogP contribution in [-0.2, 0) is 28.7 Å². The molecular formula is C24H25F3N4O4. The van der Waals surface area contributed by atoms with Crippen LogP contribution in [0.4, 0.5) is 13.2 Å². The number of rotatable bonds is 7. The number of H-pyrrole nitrogens is 1. The number of hydrogen-bond acceptors (Lipinski definition) is 5. The maximum atomic E-state index is 13.8. The summed E-state index contributed by atoms with van der Waals surface area (Å²) in [5.41, 5.74) is 1.28. The van der Waals surface area contributed by atoms with E-state index in [0.29, 0.717) is 17.0 Å². The third-order valence-electron chi connectivity index (χ3n) is 5.54. The number of ether oxygens (including phenoxy) is 1. The van der Waals surface area contributed by atoms with Crippen LogP contribution in [0.2, 0.25) is 0 Å². The summed E-state index contributed by atoms with van der Waals surface area (Å²) >= 11 is 0. The molecule has 1 amide bonds. The lowest BCUT2D eigenvalue weighted by Crippen LogP contribution is -2.27. The number of aryl methyl sites for hydroxylation is 2. The summed E-state index contributed by atoms with van der Waals surface area (Å²) in [7, 11) is 1.17. The minimum atomic E-state index is -4.66. The number of hydrogen-bond donors (Lipinski definition) is 2. The number of carbonyl (C=O) groups is 3. The molecule has 0 bridgehead atoms. The summed E-state index contributed by atoms with van der Waals surface area (Å²) in [6, 6.07) is 5.54. The van der Waals surface area contributed by atoms with Crippen LogP contribution in [0.5, 0.6) is 0 Å². The molecule has 0 aliphatic carbocycles. The van der Waals surface area contributed by atoms with E-state index in [-0.39, 0.29) is 40.4 Å². The Morgan fingerprint density at radius 2 is 1.83 bits per heavy atom. The highest BCUT2D eigenvalue weighted by Crippen LogP contribution is 2.33. The molecule has 0 atom stereocenters. The van der Waals surface area contributed by atoms with Gasteiger partial charge in [-0.25, -0.2) is 9.48 Å². The Morgan fingerprint density at radius 3 is 2.37 bits per heavy atom. The molecule has 0 aliphatic rings. The molecule has 0 fully saturated rings. The molecule has 0 saturated carbocycles. The predicted molar refractivity (Wildman–Crippen MR) is 120 cm³/mol. The zero-order valence-electron chi connectivity index (χ0n) is 19.9. The highest BCUT2D eigenvalue weighted by Gasteiger charge is 2.34. The van der Waals surface area contributed by atoms with Crippen LogP contribution in [-0.4, -0.2) is 39.5 Å². The molecule has 3 rings (SSSR count). The first-order chi connectivity index (χ1) is 16.3. The number of nitrogens with one attached hydrogen (secondary N) is 2. The zero-order chi connectivity index (χ0) is 26.1. The van der Waals surface area contributed by atoms with Gasteiger partial charge >= 0.3 is 12.1 Å². The Labute approximate surface area is 199 Å². The van der Waals surface area contributed by atoms with Crippen molar-refractivity contribution in [3.05, 3.63) is 69.3 Å². The first-order valence-electron chi connectivity index (χ1n) is 10.6. The van der Waals surface area contributed by atoms with E-state index in [0.717, 1.165) is 6.07 Å². The van der Waals surface area contributed by atoms with E-state index in [9.17, 15) is 27.6 Å². The highest BCUT2D eigenvalue weighted by atomic mass is 19.4. The molecule has 0 aliphatic heterocycles. The monoisotopic (exact) mass is 490 g/mol. The smallest absolute Gasteiger partial charge is 0.416 e. The van der Waals surface area contributed by atoms with Crippen LogP contribution in [0.3, 0.4) is 0 Å². The number of methoxy groups -OCH3 is 1. The lowest BCUT2D eigenvalue weighted by Gasteiger charge is -2.16. The van der Waals surface area contributed by atoms with E-state index in [2.05, 4.69) is 15.4 Å². The number of nitrogens with zero attached hydrogens (tertiary/aromatic N) is 2. The minimum Gasteiger partial charge on any atom is -0.465 e. The van der Waals surface area contributed by atoms with Gasteiger partial charge in [-0.2, -0.15) is 18.3 Å². The van der Waals surface area contributed by atoms with Crippen molar-refractivity contribution in [2.24, 2.45) is 0 Å². The molecule has 1 aromatic carbocycles. The summed E-state index contributed by atoms with van der Waals surface area (Å²) in [5.74, 6) is -1.70. The van der Waals surface area contributed by atoms with Gasteiger partial charge in [-0.1, -0.05) is 6.07 Å². The first-order valence-corrected chi connectivity index (χ1v) is 10.6. The molecule has 0 radical (unpaired) electrons. The summed E-state index contributed by atoms with van der Waals surface area (Å²) in [6.07, 6.45) is -5.01. The van der Waals surface area contributed by atoms with Crippen LogP contribution in [0.25, 0.3) is 5.69 Å². The molecule has 0 saturated heterocycles. The normalized spacial score (nSPS) is 11.4. The number of carbonyl (C=O) groups excluding carboxylic acids is 3. The molecule has 2 N–H and O–H groups in total. The number of Topliss-reactive ketones (excluding diaryl/α,β-unsaturated/α-hetero) is 1. The summed E-state index contributed by atoms with van der Waals surface area (Å²) < 4.78 is 47.5. The fourth-order valence-corrected chi connectivity index (χ4v) is 3.94. The van der Waals surface area contributed by atoms with E-state index < -0.39 is 30.2 Å². The van der Waals surface area contributed by atoms with Gasteiger partial charge in [0.2, 0.25) is 5.91 Å². The minimum absolute atomic E-state index is 0.0538. The van der Waals surface area contributed by atoms with Crippen molar-refractivity contribution < 1.29 is 32.3 Å². The number of benzene rings is 1. The third kappa shape index (κ3) is 5.44. The van der Waals surface area contributed by atoms with E-state index in [1.54, 1.807) is 26.8 Å². The predicted octanol–water partition coefficient (Wildman–Crippen LogP) is 3.99. The van der Waals surface area contributed by atoms with Gasteiger partial charge < -0.3 is 15.0 Å². The number of aromatic nitrogens is 3. The third-order valence-corrected chi connectivity index (χ3v) is 5.54. The van der Waals surface area contributed by atoms with Crippen LogP contribution in [0, 0.1) is 20.8 Å². The van der Waals surface area contributed by atoms with E-state index >= 15 is 0 Å². The van der Waals surface area contributed by atoms with Crippen LogP contribution < -0.4 is 5.32 Å². The van der Waals surface area contributed by atoms with Crippen molar-refractivity contribution >= 4 is 17.7 Å². The van der Waals surface area contributed by atoms with Crippen molar-refractivity contribution in [1.29, 1.82) is 0 Å². The van der Waals surface area contributed by atoms with Gasteiger partial charge in [-0.3, -0.25) is 9.59 Å². The van der Waals surface area contributed by atoms with Crippen molar-refractivity contribution in [3.63, 3.8) is 0 Å². The quantitative estimate of drug-likeness (QED) is 0.385. The van der Waals surface area contributed by atoms with Gasteiger partial charge in [-0.05, 0) is 50.1 Å². The fourth-order valence-electron chi connectivity index (χ4n) is 3.94. The number of halogens is 3. The number of amides is 1. The van der Waals surface area contributed by atoms with Gasteiger partial charge in [0.05, 0.1) is 41.7 Å². The molecule has 0 unspecified atom stereocenters. The molecular weight excluding hydrogens is 465 g/mol. The Hall–Kier alpha value is -3.89. The van der Waals surface area contributed by atoms with Crippen molar-refractivity contribution in [2.75, 3.05) is 7.11 Å². The second-order valence-corrected chi connectivity index (χ2v) is 8.16. The molecule has 2 heterocycles. The second-order valence-electron chi connectivity index (χ2n) is 8.16. The summed E-state index contributed by atoms with van der Waals surface area (Å²) in [4.78, 5) is 39.3.